The molecule has 4 aliphatic rings. The third-order valence-electron chi connectivity index (χ3n) is 8.28. The Hall–Kier alpha value is -8.14. The van der Waals surface area contributed by atoms with Crippen molar-refractivity contribution in [1.82, 2.24) is 69.8 Å². The van der Waals surface area contributed by atoms with Gasteiger partial charge in [0.15, 0.2) is 0 Å². The average molecular weight is 932 g/mol. The van der Waals surface area contributed by atoms with Crippen molar-refractivity contribution in [3.8, 4) is 0 Å². The molecule has 65 heavy (non-hydrogen) atoms. The summed E-state index contributed by atoms with van der Waals surface area (Å²) in [6.07, 6.45) is -2.53. The van der Waals surface area contributed by atoms with E-state index >= 15 is 0 Å². The van der Waals surface area contributed by atoms with Gasteiger partial charge in [-0.25, -0.2) is 82.2 Å². The summed E-state index contributed by atoms with van der Waals surface area (Å²) in [5.74, 6) is 1.25. The van der Waals surface area contributed by atoms with Crippen LogP contribution >= 0.6 is 0 Å². The molecule has 0 aromatic carbocycles. The highest BCUT2D eigenvalue weighted by atomic mass is 16.6. The summed E-state index contributed by atoms with van der Waals surface area (Å²) < 4.78 is 13.4. The summed E-state index contributed by atoms with van der Waals surface area (Å²) in [6.45, 7) is 10.8. The summed E-state index contributed by atoms with van der Waals surface area (Å²) in [7, 11) is 23.6. The van der Waals surface area contributed by atoms with Crippen LogP contribution < -0.4 is 16.0 Å². The van der Waals surface area contributed by atoms with Gasteiger partial charge in [0.05, 0.1) is 7.11 Å². The van der Waals surface area contributed by atoms with Gasteiger partial charge in [0, 0.05) is 106 Å². The molecule has 368 valence electrons. The molecule has 29 nitrogen and oxygen atoms in total. The minimum atomic E-state index is -0.696. The van der Waals surface area contributed by atoms with E-state index in [-0.39, 0.29) is 45.0 Å². The third kappa shape index (κ3) is 16.9. The predicted octanol–water partition coefficient (Wildman–Crippen LogP) is 2.55. The van der Waals surface area contributed by atoms with E-state index in [1.54, 1.807) is 40.1 Å². The number of carbonyl (C=O) groups excluding carboxylic acids is 11. The van der Waals surface area contributed by atoms with Crippen LogP contribution in [0.15, 0.2) is 42.2 Å². The van der Waals surface area contributed by atoms with Gasteiger partial charge < -0.3 is 30.2 Å². The summed E-state index contributed by atoms with van der Waals surface area (Å²) in [4.78, 5) is 135. The predicted molar refractivity (Wildman–Crippen MR) is 235 cm³/mol. The zero-order chi connectivity index (χ0) is 50.0. The van der Waals surface area contributed by atoms with Crippen molar-refractivity contribution in [2.24, 2.45) is 4.99 Å². The molecule has 4 aliphatic heterocycles. The van der Waals surface area contributed by atoms with E-state index in [2.05, 4.69) is 50.2 Å². The summed E-state index contributed by atoms with van der Waals surface area (Å²) in [5.41, 5.74) is 0. The van der Waals surface area contributed by atoms with E-state index in [9.17, 15) is 52.7 Å². The molecule has 0 unspecified atom stereocenters. The Morgan fingerprint density at radius 2 is 0.754 bits per heavy atom. The molecule has 0 aromatic heterocycles. The summed E-state index contributed by atoms with van der Waals surface area (Å²) >= 11 is 0. The van der Waals surface area contributed by atoms with Gasteiger partial charge in [-0.05, 0) is 0 Å². The van der Waals surface area contributed by atoms with Crippen LogP contribution in [-0.2, 0) is 14.2 Å². The van der Waals surface area contributed by atoms with Gasteiger partial charge in [0.2, 0.25) is 0 Å². The molecule has 0 spiro atoms. The van der Waals surface area contributed by atoms with E-state index < -0.39 is 42.5 Å². The first-order valence-corrected chi connectivity index (χ1v) is 17.5. The number of hydrogen-bond donors (Lipinski definition) is 3. The fourth-order valence-corrected chi connectivity index (χ4v) is 3.86. The monoisotopic (exact) mass is 931 g/mol. The summed E-state index contributed by atoms with van der Waals surface area (Å²) in [5, 5.41) is 6.88. The van der Waals surface area contributed by atoms with Crippen LogP contribution in [0.5, 0.6) is 0 Å². The molecular formula is C36H65N15O14. The van der Waals surface area contributed by atoms with Gasteiger partial charge >= 0.3 is 72.6 Å². The second kappa shape index (κ2) is 28.5. The van der Waals surface area contributed by atoms with E-state index in [1.807, 2.05) is 0 Å². The Kier molecular flexibility index (Phi) is 27.8. The highest BCUT2D eigenvalue weighted by molar-refractivity contribution is 6.11. The number of cyclic esters (lactones) is 3. The van der Waals surface area contributed by atoms with Gasteiger partial charge in [-0.2, -0.15) is 0 Å². The quantitative estimate of drug-likeness (QED) is 0.232. The molecule has 18 amide bonds. The molecule has 0 saturated carbocycles. The van der Waals surface area contributed by atoms with Crippen LogP contribution in [0.1, 0.15) is 14.9 Å². The molecule has 3 N–H and O–H groups in total. The van der Waals surface area contributed by atoms with Crippen LogP contribution in [-0.4, -0.2) is 239 Å². The lowest BCUT2D eigenvalue weighted by Gasteiger charge is -2.36. The first-order valence-electron chi connectivity index (χ1n) is 17.5. The minimum absolute atomic E-state index is 0. The number of imide groups is 5. The lowest BCUT2D eigenvalue weighted by molar-refractivity contribution is 0.0847. The van der Waals surface area contributed by atoms with E-state index in [0.717, 1.165) is 34.3 Å². The largest absolute Gasteiger partial charge is 0.452 e. The van der Waals surface area contributed by atoms with Crippen molar-refractivity contribution in [1.29, 1.82) is 0 Å². The molecule has 29 heteroatoms. The molecule has 0 radical (unpaired) electrons. The Morgan fingerprint density at radius 3 is 1.03 bits per heavy atom. The van der Waals surface area contributed by atoms with Crippen molar-refractivity contribution >= 4 is 72.6 Å². The number of ether oxygens (including phenoxy) is 3. The van der Waals surface area contributed by atoms with E-state index in [0.29, 0.717) is 17.5 Å². The number of carbonyl (C=O) groups is 11. The number of hydrogen-bond acceptors (Lipinski definition) is 15. The summed E-state index contributed by atoms with van der Waals surface area (Å²) in [6, 6.07) is -2.29. The van der Waals surface area contributed by atoms with Crippen molar-refractivity contribution in [2.75, 3.05) is 113 Å². The molecule has 0 aliphatic carbocycles. The molecule has 4 fully saturated rings. The lowest BCUT2D eigenvalue weighted by Crippen LogP contribution is -2.59. The Balaban J connectivity index is -0.000000343. The number of nitrogens with one attached hydrogen (secondary N) is 3. The maximum absolute atomic E-state index is 11.2. The standard InChI is InChI=1S/2C7H11N3O2.C6H8N2O3.C5H11N3O2.C5H10N2O3.C4H6N2O2.2CH4/c1-5-9(3)6(8-2)12-7(11)10(5)4;1-5-8(2)6(11)10(4)7(12)9(5)3;1-4-7(2)5(9)11-6(10)8(4)3;1-6-4(9)8(3)5(10)7-2;1-6-4(8)7(2)5(9)10-3;1-5-3(7)6(2)4(5)8;;/h2*1H2,2-4H3;1H2,2-3H3;1-3H3,(H,6,9)(H,7,10);1-3H3,(H,6,8);1-2H3;2*1H4. The normalized spacial score (nSPS) is 15.7. The third-order valence-corrected chi connectivity index (χ3v) is 8.28. The number of nitrogens with zero attached hydrogens (tertiary/aromatic N) is 12. The van der Waals surface area contributed by atoms with Gasteiger partial charge in [0.1, 0.15) is 17.5 Å². The van der Waals surface area contributed by atoms with Crippen molar-refractivity contribution < 1.29 is 67.0 Å². The molecule has 0 atom stereocenters. The Bertz CT molecular complexity index is 1700. The van der Waals surface area contributed by atoms with Crippen LogP contribution in [0.3, 0.4) is 0 Å². The van der Waals surface area contributed by atoms with Gasteiger partial charge in [-0.3, -0.25) is 29.4 Å². The number of amides is 18. The maximum Gasteiger partial charge on any atom is 0.424 e. The maximum atomic E-state index is 11.2. The number of rotatable bonds is 0. The Labute approximate surface area is 378 Å². The highest BCUT2D eigenvalue weighted by Gasteiger charge is 2.37. The fraction of sp³-hybridized carbons (Fsp3) is 0.500. The van der Waals surface area contributed by atoms with Crippen LogP contribution in [0.2, 0.25) is 0 Å². The van der Waals surface area contributed by atoms with Gasteiger partial charge in [0.25, 0.3) is 0 Å². The molecule has 0 bridgehead atoms. The Morgan fingerprint density at radius 1 is 0.492 bits per heavy atom. The lowest BCUT2D eigenvalue weighted by atomic mass is 10.5. The molecule has 4 heterocycles. The molecule has 4 rings (SSSR count). The average Bonchev–Trinajstić information content (AvgIpc) is 3.29. The number of methoxy groups -OCH3 is 1. The van der Waals surface area contributed by atoms with Crippen LogP contribution in [0.25, 0.3) is 0 Å². The molecule has 0 aromatic rings. The topological polar surface area (TPSA) is 300 Å². The molecular weight excluding hydrogens is 866 g/mol. The number of amidine groups is 1. The van der Waals surface area contributed by atoms with E-state index in [1.165, 1.54) is 92.3 Å². The van der Waals surface area contributed by atoms with Crippen LogP contribution in [0.4, 0.5) is 52.7 Å². The van der Waals surface area contributed by atoms with Crippen molar-refractivity contribution in [3.05, 3.63) is 37.2 Å². The zero-order valence-electron chi connectivity index (χ0n) is 38.2. The van der Waals surface area contributed by atoms with Gasteiger partial charge in [-0.1, -0.05) is 34.6 Å². The van der Waals surface area contributed by atoms with Gasteiger partial charge in [-0.15, -0.1) is 0 Å². The van der Waals surface area contributed by atoms with Crippen LogP contribution in [0, 0.1) is 0 Å². The van der Waals surface area contributed by atoms with Crippen molar-refractivity contribution in [2.45, 2.75) is 14.9 Å². The number of urea groups is 7. The SMILES string of the molecule is C.C.C=C1N(C)C(=O)N(C)C(=O)N1C.C=C1N(C)C(=O)OC(=NC)N1C.C=C1N(C)C(=O)OC(=O)N1C.CN1C(=O)N(C)C1=O.CNC(=O)N(C)C(=O)NC.CNC(=O)N(C)C(=O)OC. The highest BCUT2D eigenvalue weighted by Crippen LogP contribution is 2.16. The smallest absolute Gasteiger partial charge is 0.424 e. The second-order valence-electron chi connectivity index (χ2n) is 12.2. The first kappa shape index (κ1) is 63.5. The molecule has 4 saturated heterocycles. The van der Waals surface area contributed by atoms with E-state index in [4.69, 9.17) is 4.74 Å². The second-order valence-corrected chi connectivity index (χ2v) is 12.2. The minimum Gasteiger partial charge on any atom is -0.452 e. The van der Waals surface area contributed by atoms with Crippen molar-refractivity contribution in [3.63, 3.8) is 0 Å². The zero-order valence-corrected chi connectivity index (χ0v) is 38.2. The number of aliphatic imine (C=N–C) groups is 1. The first-order chi connectivity index (χ1) is 29.0. The fourth-order valence-electron chi connectivity index (χ4n) is 3.86.